The molecule has 2 fully saturated rings. The van der Waals surface area contributed by atoms with Crippen molar-refractivity contribution in [1.29, 1.82) is 0 Å². The molecule has 2 aliphatic heterocycles. The van der Waals surface area contributed by atoms with Crippen LogP contribution < -0.4 is 4.90 Å². The van der Waals surface area contributed by atoms with Crippen molar-refractivity contribution in [2.75, 3.05) is 31.1 Å². The van der Waals surface area contributed by atoms with Gasteiger partial charge in [0.15, 0.2) is 0 Å². The minimum absolute atomic E-state index is 0.00509. The minimum Gasteiger partial charge on any atom is -0.363 e. The Labute approximate surface area is 162 Å². The molecule has 0 aliphatic carbocycles. The summed E-state index contributed by atoms with van der Waals surface area (Å²) in [6.45, 7) is 3.39. The number of aromatic nitrogens is 1. The van der Waals surface area contributed by atoms with Crippen LogP contribution in [-0.2, 0) is 9.53 Å². The minimum atomic E-state index is -0.479. The van der Waals surface area contributed by atoms with Gasteiger partial charge in [-0.05, 0) is 56.2 Å². The molecular weight excluding hydrogens is 361 g/mol. The van der Waals surface area contributed by atoms with Gasteiger partial charge in [0, 0.05) is 36.2 Å². The van der Waals surface area contributed by atoms with E-state index in [2.05, 4.69) is 4.98 Å². The van der Waals surface area contributed by atoms with Gasteiger partial charge >= 0.3 is 0 Å². The molecule has 0 radical (unpaired) electrons. The summed E-state index contributed by atoms with van der Waals surface area (Å²) in [5.41, 5.74) is 1.63. The van der Waals surface area contributed by atoms with Gasteiger partial charge in [-0.15, -0.1) is 0 Å². The van der Waals surface area contributed by atoms with Crippen molar-refractivity contribution in [3.05, 3.63) is 59.7 Å². The fourth-order valence-electron chi connectivity index (χ4n) is 3.85. The van der Waals surface area contributed by atoms with E-state index in [0.717, 1.165) is 5.69 Å². The van der Waals surface area contributed by atoms with Crippen LogP contribution in [0.3, 0.4) is 0 Å². The first-order valence-corrected chi connectivity index (χ1v) is 9.38. The van der Waals surface area contributed by atoms with E-state index in [-0.39, 0.29) is 24.2 Å². The van der Waals surface area contributed by atoms with Crippen LogP contribution in [0.5, 0.6) is 0 Å². The summed E-state index contributed by atoms with van der Waals surface area (Å²) in [6, 6.07) is 9.43. The molecule has 1 aromatic carbocycles. The molecule has 0 unspecified atom stereocenters. The van der Waals surface area contributed by atoms with Crippen LogP contribution >= 0.6 is 0 Å². The fourth-order valence-corrected chi connectivity index (χ4v) is 3.85. The van der Waals surface area contributed by atoms with Crippen molar-refractivity contribution in [2.45, 2.75) is 25.4 Å². The summed E-state index contributed by atoms with van der Waals surface area (Å²) in [6.07, 6.45) is 2.94. The number of amides is 2. The number of likely N-dealkylation sites (tertiary alicyclic amines) is 1. The van der Waals surface area contributed by atoms with Gasteiger partial charge in [0.1, 0.15) is 12.4 Å². The molecule has 2 saturated heterocycles. The zero-order chi connectivity index (χ0) is 19.7. The Morgan fingerprint density at radius 2 is 1.89 bits per heavy atom. The number of aryl methyl sites for hydroxylation is 1. The van der Waals surface area contributed by atoms with Gasteiger partial charge < -0.3 is 14.5 Å². The molecule has 146 valence electrons. The fraction of sp³-hybridized carbons (Fsp3) is 0.381. The van der Waals surface area contributed by atoms with Crippen LogP contribution in [0.1, 0.15) is 28.9 Å². The van der Waals surface area contributed by atoms with Crippen molar-refractivity contribution in [3.8, 4) is 0 Å². The lowest BCUT2D eigenvalue weighted by molar-refractivity contribution is -0.143. The number of ether oxygens (including phenoxy) is 1. The number of hydrogen-bond donors (Lipinski definition) is 0. The molecule has 6 nitrogen and oxygen atoms in total. The highest BCUT2D eigenvalue weighted by molar-refractivity contribution is 5.95. The maximum atomic E-state index is 13.2. The van der Waals surface area contributed by atoms with Gasteiger partial charge in [-0.25, -0.2) is 4.39 Å². The summed E-state index contributed by atoms with van der Waals surface area (Å²) >= 11 is 0. The summed E-state index contributed by atoms with van der Waals surface area (Å²) < 4.78 is 19.1. The van der Waals surface area contributed by atoms with E-state index in [4.69, 9.17) is 4.74 Å². The summed E-state index contributed by atoms with van der Waals surface area (Å²) in [4.78, 5) is 32.7. The topological polar surface area (TPSA) is 62.7 Å². The van der Waals surface area contributed by atoms with Crippen molar-refractivity contribution in [3.63, 3.8) is 0 Å². The zero-order valence-corrected chi connectivity index (χ0v) is 15.7. The first kappa shape index (κ1) is 18.6. The van der Waals surface area contributed by atoms with Gasteiger partial charge in [-0.3, -0.25) is 14.6 Å². The number of benzene rings is 1. The van der Waals surface area contributed by atoms with E-state index in [1.165, 1.54) is 12.1 Å². The third-order valence-electron chi connectivity index (χ3n) is 5.49. The quantitative estimate of drug-likeness (QED) is 0.800. The molecular formula is C21H22FN3O3. The summed E-state index contributed by atoms with van der Waals surface area (Å²) in [5, 5.41) is 0. The second-order valence-electron chi connectivity index (χ2n) is 7.41. The number of rotatable bonds is 2. The number of anilines is 1. The standard InChI is InChI=1S/C21H22FN3O3/c1-15-12-16(6-9-23-15)20(27)24-10-7-21(8-11-24)14-25(19(26)13-28-21)18-4-2-17(22)3-5-18/h2-6,9,12H,7-8,10-11,13-14H2,1H3. The lowest BCUT2D eigenvalue weighted by Crippen LogP contribution is -2.59. The van der Waals surface area contributed by atoms with Gasteiger partial charge in [0.2, 0.25) is 0 Å². The Kier molecular flexibility index (Phi) is 4.85. The number of nitrogens with zero attached hydrogens (tertiary/aromatic N) is 3. The predicted molar refractivity (Wildman–Crippen MR) is 102 cm³/mol. The second kappa shape index (κ2) is 7.31. The van der Waals surface area contributed by atoms with E-state index in [0.29, 0.717) is 43.7 Å². The van der Waals surface area contributed by atoms with E-state index >= 15 is 0 Å². The molecule has 1 spiro atoms. The Hall–Kier alpha value is -2.80. The number of halogens is 1. The van der Waals surface area contributed by atoms with Crippen molar-refractivity contribution >= 4 is 17.5 Å². The Morgan fingerprint density at radius 1 is 1.18 bits per heavy atom. The maximum absolute atomic E-state index is 13.2. The highest BCUT2D eigenvalue weighted by atomic mass is 19.1. The molecule has 1 aromatic heterocycles. The van der Waals surface area contributed by atoms with Gasteiger partial charge in [-0.1, -0.05) is 0 Å². The van der Waals surface area contributed by atoms with E-state index in [1.54, 1.807) is 35.4 Å². The number of morpholine rings is 1. The van der Waals surface area contributed by atoms with Crippen LogP contribution in [0.25, 0.3) is 0 Å². The molecule has 28 heavy (non-hydrogen) atoms. The van der Waals surface area contributed by atoms with Crippen LogP contribution in [0.4, 0.5) is 10.1 Å². The first-order chi connectivity index (χ1) is 13.5. The number of hydrogen-bond acceptors (Lipinski definition) is 4. The average Bonchev–Trinajstić information content (AvgIpc) is 2.71. The molecule has 0 bridgehead atoms. The van der Waals surface area contributed by atoms with Crippen molar-refractivity contribution in [1.82, 2.24) is 9.88 Å². The SMILES string of the molecule is Cc1cc(C(=O)N2CCC3(CC2)CN(c2ccc(F)cc2)C(=O)CO3)ccn1. The number of carbonyl (C=O) groups is 2. The maximum Gasteiger partial charge on any atom is 0.253 e. The lowest BCUT2D eigenvalue weighted by Gasteiger charge is -2.47. The van der Waals surface area contributed by atoms with E-state index < -0.39 is 5.60 Å². The Bertz CT molecular complexity index is 892. The van der Waals surface area contributed by atoms with Gasteiger partial charge in [0.25, 0.3) is 11.8 Å². The smallest absolute Gasteiger partial charge is 0.253 e. The summed E-state index contributed by atoms with van der Waals surface area (Å²) in [5.74, 6) is -0.483. The molecule has 0 N–H and O–H groups in total. The Morgan fingerprint density at radius 3 is 2.57 bits per heavy atom. The Balaban J connectivity index is 1.45. The highest BCUT2D eigenvalue weighted by Gasteiger charge is 2.43. The molecule has 2 aromatic rings. The molecule has 7 heteroatoms. The molecule has 2 amide bonds. The average molecular weight is 383 g/mol. The zero-order valence-electron chi connectivity index (χ0n) is 15.7. The third kappa shape index (κ3) is 3.62. The van der Waals surface area contributed by atoms with Crippen molar-refractivity contribution < 1.29 is 18.7 Å². The molecule has 4 rings (SSSR count). The second-order valence-corrected chi connectivity index (χ2v) is 7.41. The van der Waals surface area contributed by atoms with Crippen LogP contribution in [0, 0.1) is 12.7 Å². The van der Waals surface area contributed by atoms with Crippen molar-refractivity contribution in [2.24, 2.45) is 0 Å². The van der Waals surface area contributed by atoms with Gasteiger partial charge in [0.05, 0.1) is 12.1 Å². The predicted octanol–water partition coefficient (Wildman–Crippen LogP) is 2.57. The van der Waals surface area contributed by atoms with E-state index in [1.807, 2.05) is 11.8 Å². The number of pyridine rings is 1. The van der Waals surface area contributed by atoms with Gasteiger partial charge in [-0.2, -0.15) is 0 Å². The molecule has 3 heterocycles. The van der Waals surface area contributed by atoms with Crippen LogP contribution in [-0.4, -0.2) is 53.5 Å². The van der Waals surface area contributed by atoms with Crippen LogP contribution in [0.2, 0.25) is 0 Å². The van der Waals surface area contributed by atoms with Crippen LogP contribution in [0.15, 0.2) is 42.6 Å². The normalized spacial score (nSPS) is 19.1. The third-order valence-corrected chi connectivity index (χ3v) is 5.49. The van der Waals surface area contributed by atoms with E-state index in [9.17, 15) is 14.0 Å². The monoisotopic (exact) mass is 383 g/mol. The summed E-state index contributed by atoms with van der Waals surface area (Å²) in [7, 11) is 0. The number of carbonyl (C=O) groups excluding carboxylic acids is 2. The molecule has 0 atom stereocenters. The first-order valence-electron chi connectivity index (χ1n) is 9.38. The highest BCUT2D eigenvalue weighted by Crippen LogP contribution is 2.33. The molecule has 0 saturated carbocycles. The largest absolute Gasteiger partial charge is 0.363 e. The number of piperidine rings is 1. The molecule has 2 aliphatic rings. The lowest BCUT2D eigenvalue weighted by atomic mass is 9.88.